The van der Waals surface area contributed by atoms with Gasteiger partial charge in [-0.15, -0.1) is 0 Å². The number of nitrogens with zero attached hydrogens (tertiary/aromatic N) is 1. The number of carbonyl (C=O) groups excluding carboxylic acids is 1. The van der Waals surface area contributed by atoms with E-state index in [-0.39, 0.29) is 5.91 Å². The summed E-state index contributed by atoms with van der Waals surface area (Å²) in [7, 11) is 1.69. The highest BCUT2D eigenvalue weighted by atomic mass is 35.5. The minimum atomic E-state index is -0.743. The first-order chi connectivity index (χ1) is 8.89. The number of benzene rings is 1. The first kappa shape index (κ1) is 14.6. The SMILES string of the molecule is CN(CC1(O)CCCC1)C(=O)c1cc(Cl)cc(Cl)c1. The Morgan fingerprint density at radius 1 is 1.26 bits per heavy atom. The highest BCUT2D eigenvalue weighted by Gasteiger charge is 2.33. The van der Waals surface area contributed by atoms with Crippen molar-refractivity contribution in [3.05, 3.63) is 33.8 Å². The zero-order chi connectivity index (χ0) is 14.0. The van der Waals surface area contributed by atoms with Crippen LogP contribution in [0.1, 0.15) is 36.0 Å². The first-order valence-electron chi connectivity index (χ1n) is 6.34. The highest BCUT2D eigenvalue weighted by Crippen LogP contribution is 2.30. The van der Waals surface area contributed by atoms with Crippen LogP contribution in [0, 0.1) is 0 Å². The van der Waals surface area contributed by atoms with Crippen LogP contribution >= 0.6 is 23.2 Å². The molecule has 0 unspecified atom stereocenters. The van der Waals surface area contributed by atoms with E-state index in [0.29, 0.717) is 22.2 Å². The van der Waals surface area contributed by atoms with Crippen molar-refractivity contribution >= 4 is 29.1 Å². The van der Waals surface area contributed by atoms with Gasteiger partial charge < -0.3 is 10.0 Å². The molecule has 0 aromatic heterocycles. The Morgan fingerprint density at radius 3 is 2.32 bits per heavy atom. The van der Waals surface area contributed by atoms with Gasteiger partial charge in [0.25, 0.3) is 5.91 Å². The average molecular weight is 302 g/mol. The number of likely N-dealkylation sites (N-methyl/N-ethyl adjacent to an activating group) is 1. The van der Waals surface area contributed by atoms with E-state index in [1.54, 1.807) is 25.2 Å². The molecule has 1 aromatic rings. The molecule has 5 heteroatoms. The Balaban J connectivity index is 2.10. The Labute approximate surface area is 123 Å². The number of carbonyl (C=O) groups is 1. The fourth-order valence-electron chi connectivity index (χ4n) is 2.60. The summed E-state index contributed by atoms with van der Waals surface area (Å²) in [6.45, 7) is 0.343. The van der Waals surface area contributed by atoms with Gasteiger partial charge in [0.05, 0.1) is 5.60 Å². The quantitative estimate of drug-likeness (QED) is 0.930. The van der Waals surface area contributed by atoms with E-state index in [1.807, 2.05) is 0 Å². The number of aliphatic hydroxyl groups is 1. The van der Waals surface area contributed by atoms with Crippen LogP contribution in [0.25, 0.3) is 0 Å². The maximum atomic E-state index is 12.3. The summed E-state index contributed by atoms with van der Waals surface area (Å²) in [5.41, 5.74) is -0.297. The maximum absolute atomic E-state index is 12.3. The molecule has 0 bridgehead atoms. The Kier molecular flexibility index (Phi) is 4.39. The normalized spacial score (nSPS) is 17.5. The van der Waals surface area contributed by atoms with E-state index >= 15 is 0 Å². The molecule has 0 heterocycles. The molecule has 0 spiro atoms. The van der Waals surface area contributed by atoms with E-state index in [2.05, 4.69) is 0 Å². The number of hydrogen-bond donors (Lipinski definition) is 1. The summed E-state index contributed by atoms with van der Waals surface area (Å²) in [6, 6.07) is 4.76. The Hall–Kier alpha value is -0.770. The smallest absolute Gasteiger partial charge is 0.253 e. The van der Waals surface area contributed by atoms with Crippen molar-refractivity contribution in [1.82, 2.24) is 4.90 Å². The largest absolute Gasteiger partial charge is 0.388 e. The van der Waals surface area contributed by atoms with Gasteiger partial charge >= 0.3 is 0 Å². The molecule has 19 heavy (non-hydrogen) atoms. The lowest BCUT2D eigenvalue weighted by Crippen LogP contribution is -2.42. The van der Waals surface area contributed by atoms with Crippen molar-refractivity contribution in [3.8, 4) is 0 Å². The molecule has 1 aliphatic rings. The van der Waals surface area contributed by atoms with Gasteiger partial charge in [-0.2, -0.15) is 0 Å². The summed E-state index contributed by atoms with van der Waals surface area (Å²) in [5, 5.41) is 11.2. The lowest BCUT2D eigenvalue weighted by atomic mass is 10.0. The fraction of sp³-hybridized carbons (Fsp3) is 0.500. The van der Waals surface area contributed by atoms with Gasteiger partial charge in [-0.3, -0.25) is 4.79 Å². The van der Waals surface area contributed by atoms with Gasteiger partial charge in [-0.25, -0.2) is 0 Å². The molecule has 1 N–H and O–H groups in total. The van der Waals surface area contributed by atoms with E-state index in [9.17, 15) is 9.90 Å². The summed E-state index contributed by atoms with van der Waals surface area (Å²) >= 11 is 11.8. The second-order valence-corrected chi connectivity index (χ2v) is 6.12. The van der Waals surface area contributed by atoms with Gasteiger partial charge in [0.1, 0.15) is 0 Å². The molecular formula is C14H17Cl2NO2. The maximum Gasteiger partial charge on any atom is 0.253 e. The molecular weight excluding hydrogens is 285 g/mol. The lowest BCUT2D eigenvalue weighted by molar-refractivity contribution is 0.0157. The van der Waals surface area contributed by atoms with Gasteiger partial charge in [0.2, 0.25) is 0 Å². The van der Waals surface area contributed by atoms with Crippen LogP contribution in [0.2, 0.25) is 10.0 Å². The van der Waals surface area contributed by atoms with Gasteiger partial charge in [-0.05, 0) is 31.0 Å². The lowest BCUT2D eigenvalue weighted by Gasteiger charge is -2.28. The minimum Gasteiger partial charge on any atom is -0.388 e. The predicted octanol–water partition coefficient (Wildman–Crippen LogP) is 3.37. The topological polar surface area (TPSA) is 40.5 Å². The van der Waals surface area contributed by atoms with E-state index in [1.165, 1.54) is 4.90 Å². The summed E-state index contributed by atoms with van der Waals surface area (Å²) in [6.07, 6.45) is 3.53. The highest BCUT2D eigenvalue weighted by molar-refractivity contribution is 6.35. The third kappa shape index (κ3) is 3.62. The molecule has 1 aromatic carbocycles. The van der Waals surface area contributed by atoms with Crippen molar-refractivity contribution in [2.75, 3.05) is 13.6 Å². The number of hydrogen-bond acceptors (Lipinski definition) is 2. The van der Waals surface area contributed by atoms with Gasteiger partial charge in [-0.1, -0.05) is 36.0 Å². The first-order valence-corrected chi connectivity index (χ1v) is 7.09. The standard InChI is InChI=1S/C14H17Cl2NO2/c1-17(9-14(19)4-2-3-5-14)13(18)10-6-11(15)8-12(16)7-10/h6-8,19H,2-5,9H2,1H3. The molecule has 0 aliphatic heterocycles. The van der Waals surface area contributed by atoms with E-state index in [0.717, 1.165) is 25.7 Å². The zero-order valence-corrected chi connectivity index (χ0v) is 12.3. The van der Waals surface area contributed by atoms with Crippen LogP contribution in [0.3, 0.4) is 0 Å². The molecule has 1 aliphatic carbocycles. The second-order valence-electron chi connectivity index (χ2n) is 5.25. The van der Waals surface area contributed by atoms with Crippen molar-refractivity contribution in [2.45, 2.75) is 31.3 Å². The molecule has 0 atom stereocenters. The number of halogens is 2. The molecule has 104 valence electrons. The van der Waals surface area contributed by atoms with Crippen molar-refractivity contribution in [3.63, 3.8) is 0 Å². The molecule has 2 rings (SSSR count). The third-order valence-electron chi connectivity index (χ3n) is 3.52. The van der Waals surface area contributed by atoms with Crippen LogP contribution in [0.5, 0.6) is 0 Å². The average Bonchev–Trinajstić information content (AvgIpc) is 2.73. The van der Waals surface area contributed by atoms with Crippen molar-refractivity contribution < 1.29 is 9.90 Å². The molecule has 0 saturated heterocycles. The number of amides is 1. The van der Waals surface area contributed by atoms with E-state index in [4.69, 9.17) is 23.2 Å². The summed E-state index contributed by atoms with van der Waals surface area (Å²) in [4.78, 5) is 13.8. The second kappa shape index (κ2) is 5.70. The van der Waals surface area contributed by atoms with Crippen molar-refractivity contribution in [1.29, 1.82) is 0 Å². The molecule has 1 fully saturated rings. The third-order valence-corrected chi connectivity index (χ3v) is 3.96. The minimum absolute atomic E-state index is 0.176. The summed E-state index contributed by atoms with van der Waals surface area (Å²) < 4.78 is 0. The summed E-state index contributed by atoms with van der Waals surface area (Å²) in [5.74, 6) is -0.176. The van der Waals surface area contributed by atoms with Crippen molar-refractivity contribution in [2.24, 2.45) is 0 Å². The number of rotatable bonds is 3. The fourth-order valence-corrected chi connectivity index (χ4v) is 3.13. The van der Waals surface area contributed by atoms with Crippen LogP contribution in [-0.4, -0.2) is 35.1 Å². The predicted molar refractivity (Wildman–Crippen MR) is 76.8 cm³/mol. The monoisotopic (exact) mass is 301 g/mol. The van der Waals surface area contributed by atoms with Crippen LogP contribution in [0.15, 0.2) is 18.2 Å². The van der Waals surface area contributed by atoms with Gasteiger partial charge in [0.15, 0.2) is 0 Å². The Morgan fingerprint density at radius 2 is 1.79 bits per heavy atom. The van der Waals surface area contributed by atoms with Crippen LogP contribution in [0.4, 0.5) is 0 Å². The molecule has 0 radical (unpaired) electrons. The molecule has 1 saturated carbocycles. The Bertz CT molecular complexity index is 464. The molecule has 3 nitrogen and oxygen atoms in total. The molecule has 1 amide bonds. The van der Waals surface area contributed by atoms with Crippen LogP contribution < -0.4 is 0 Å². The zero-order valence-electron chi connectivity index (χ0n) is 10.8. The van der Waals surface area contributed by atoms with Gasteiger partial charge in [0, 0.05) is 29.2 Å². The van der Waals surface area contributed by atoms with Crippen LogP contribution in [-0.2, 0) is 0 Å². The van der Waals surface area contributed by atoms with E-state index < -0.39 is 5.60 Å².